The minimum absolute atomic E-state index is 0.00320. The van der Waals surface area contributed by atoms with Gasteiger partial charge in [-0.2, -0.15) is 0 Å². The fraction of sp³-hybridized carbons (Fsp3) is 0.346. The summed E-state index contributed by atoms with van der Waals surface area (Å²) < 4.78 is 1.14. The smallest absolute Gasteiger partial charge is 0.148 e. The lowest BCUT2D eigenvalue weighted by Crippen LogP contribution is -2.51. The highest BCUT2D eigenvalue weighted by molar-refractivity contribution is 7.16. The fourth-order valence-corrected chi connectivity index (χ4v) is 5.02. The zero-order valence-electron chi connectivity index (χ0n) is 19.7. The molecule has 0 amide bonds. The van der Waals surface area contributed by atoms with Crippen LogP contribution in [0.5, 0.6) is 5.75 Å². The molecule has 7 nitrogen and oxygen atoms in total. The van der Waals surface area contributed by atoms with Gasteiger partial charge in [-0.25, -0.2) is 15.0 Å². The van der Waals surface area contributed by atoms with Gasteiger partial charge in [0, 0.05) is 18.2 Å². The molecule has 0 radical (unpaired) electrons. The van der Waals surface area contributed by atoms with Gasteiger partial charge in [-0.05, 0) is 69.9 Å². The number of piperidine rings is 1. The number of hydrogen-bond donors (Lipinski definition) is 2. The van der Waals surface area contributed by atoms with Crippen LogP contribution in [0.4, 0.5) is 5.82 Å². The number of nitrogens with zero attached hydrogens (tertiary/aromatic N) is 4. The summed E-state index contributed by atoms with van der Waals surface area (Å²) in [6.07, 6.45) is 2.72. The van der Waals surface area contributed by atoms with Gasteiger partial charge in [0.25, 0.3) is 0 Å². The second-order valence-electron chi connectivity index (χ2n) is 9.03. The third-order valence-electron chi connectivity index (χ3n) is 6.20. The number of aromatic nitrogens is 3. The Morgan fingerprint density at radius 3 is 2.88 bits per heavy atom. The Morgan fingerprint density at radius 2 is 2.03 bits per heavy atom. The van der Waals surface area contributed by atoms with E-state index in [9.17, 15) is 5.11 Å². The number of nitrogens with one attached hydrogen (secondary N) is 1. The van der Waals surface area contributed by atoms with Crippen molar-refractivity contribution in [3.63, 3.8) is 0 Å². The number of rotatable bonds is 6. The SMILES string of the molecule is Cc1nc(NC(C)c2cccc(ON3CCCCC3(C)O)c2)cc(-c2ccc3ncsc3c2)n1. The van der Waals surface area contributed by atoms with Crippen LogP contribution in [0.15, 0.2) is 54.0 Å². The van der Waals surface area contributed by atoms with Crippen molar-refractivity contribution < 1.29 is 9.94 Å². The minimum atomic E-state index is -0.949. The first-order valence-corrected chi connectivity index (χ1v) is 12.5. The lowest BCUT2D eigenvalue weighted by atomic mass is 10.0. The van der Waals surface area contributed by atoms with Crippen molar-refractivity contribution >= 4 is 27.4 Å². The normalized spacial score (nSPS) is 19.8. The highest BCUT2D eigenvalue weighted by Crippen LogP contribution is 2.30. The molecule has 1 fully saturated rings. The molecule has 1 saturated heterocycles. The second kappa shape index (κ2) is 9.29. The van der Waals surface area contributed by atoms with Crippen molar-refractivity contribution in [2.24, 2.45) is 0 Å². The molecular formula is C26H29N5O2S. The summed E-state index contributed by atoms with van der Waals surface area (Å²) in [5, 5.41) is 15.8. The summed E-state index contributed by atoms with van der Waals surface area (Å²) in [6, 6.07) is 16.1. The zero-order valence-corrected chi connectivity index (χ0v) is 20.5. The molecule has 1 aliphatic heterocycles. The van der Waals surface area contributed by atoms with E-state index < -0.39 is 5.72 Å². The predicted molar refractivity (Wildman–Crippen MR) is 136 cm³/mol. The van der Waals surface area contributed by atoms with E-state index >= 15 is 0 Å². The number of benzene rings is 2. The van der Waals surface area contributed by atoms with Crippen LogP contribution >= 0.6 is 11.3 Å². The molecular weight excluding hydrogens is 446 g/mol. The average molecular weight is 476 g/mol. The van der Waals surface area contributed by atoms with Gasteiger partial charge in [-0.1, -0.05) is 18.2 Å². The first-order valence-electron chi connectivity index (χ1n) is 11.6. The minimum Gasteiger partial charge on any atom is -0.403 e. The number of fused-ring (bicyclic) bond motifs is 1. The molecule has 2 unspecified atom stereocenters. The lowest BCUT2D eigenvalue weighted by Gasteiger charge is -2.39. The Balaban J connectivity index is 1.34. The maximum Gasteiger partial charge on any atom is 0.148 e. The summed E-state index contributed by atoms with van der Waals surface area (Å²) in [5.41, 5.74) is 4.90. The van der Waals surface area contributed by atoms with Gasteiger partial charge < -0.3 is 15.3 Å². The van der Waals surface area contributed by atoms with Crippen molar-refractivity contribution in [1.29, 1.82) is 0 Å². The second-order valence-corrected chi connectivity index (χ2v) is 9.91. The number of aliphatic hydroxyl groups is 1. The van der Waals surface area contributed by atoms with E-state index in [2.05, 4.69) is 39.3 Å². The first kappa shape index (κ1) is 22.7. The molecule has 4 aromatic rings. The summed E-state index contributed by atoms with van der Waals surface area (Å²) >= 11 is 1.62. The molecule has 1 aliphatic rings. The van der Waals surface area contributed by atoms with E-state index in [1.165, 1.54) is 0 Å². The molecule has 34 heavy (non-hydrogen) atoms. The van der Waals surface area contributed by atoms with Crippen LogP contribution in [0, 0.1) is 6.92 Å². The molecule has 176 valence electrons. The summed E-state index contributed by atoms with van der Waals surface area (Å²) in [4.78, 5) is 19.7. The molecule has 2 aromatic carbocycles. The molecule has 2 N–H and O–H groups in total. The number of thiazole rings is 1. The molecule has 0 saturated carbocycles. The van der Waals surface area contributed by atoms with Gasteiger partial charge in [-0.3, -0.25) is 0 Å². The predicted octanol–water partition coefficient (Wildman–Crippen LogP) is 5.72. The topological polar surface area (TPSA) is 83.4 Å². The highest BCUT2D eigenvalue weighted by atomic mass is 32.1. The third-order valence-corrected chi connectivity index (χ3v) is 6.99. The molecule has 3 heterocycles. The van der Waals surface area contributed by atoms with Gasteiger partial charge >= 0.3 is 0 Å². The van der Waals surface area contributed by atoms with Crippen molar-refractivity contribution in [3.8, 4) is 17.0 Å². The molecule has 5 rings (SSSR count). The standard InChI is InChI=1S/C26H29N5O2S/c1-17(19-7-6-8-21(13-19)33-31-12-5-4-11-26(31,3)32)28-25-15-23(29-18(2)30-25)20-9-10-22-24(14-20)34-16-27-22/h6-10,13-17,32H,4-5,11-12H2,1-3H3,(H,28,29,30). The number of aryl methyl sites for hydroxylation is 1. The molecule has 0 spiro atoms. The quantitative estimate of drug-likeness (QED) is 0.369. The van der Waals surface area contributed by atoms with Crippen LogP contribution in [-0.2, 0) is 0 Å². The van der Waals surface area contributed by atoms with Gasteiger partial charge in [-0.15, -0.1) is 16.4 Å². The number of hydroxylamine groups is 2. The van der Waals surface area contributed by atoms with Gasteiger partial charge in [0.15, 0.2) is 0 Å². The monoisotopic (exact) mass is 475 g/mol. The van der Waals surface area contributed by atoms with Crippen LogP contribution in [0.25, 0.3) is 21.5 Å². The van der Waals surface area contributed by atoms with Crippen LogP contribution in [-0.4, -0.2) is 37.4 Å². The van der Waals surface area contributed by atoms with Crippen molar-refractivity contribution in [2.45, 2.75) is 51.8 Å². The lowest BCUT2D eigenvalue weighted by molar-refractivity contribution is -0.248. The van der Waals surface area contributed by atoms with Crippen molar-refractivity contribution in [1.82, 2.24) is 20.0 Å². The highest BCUT2D eigenvalue weighted by Gasteiger charge is 2.34. The molecule has 0 bridgehead atoms. The molecule has 2 atom stereocenters. The van der Waals surface area contributed by atoms with E-state index in [4.69, 9.17) is 4.84 Å². The fourth-order valence-electron chi connectivity index (χ4n) is 4.30. The summed E-state index contributed by atoms with van der Waals surface area (Å²) in [5.74, 6) is 2.19. The van der Waals surface area contributed by atoms with Crippen molar-refractivity contribution in [3.05, 3.63) is 65.4 Å². The number of anilines is 1. The Bertz CT molecular complexity index is 1310. The van der Waals surface area contributed by atoms with Gasteiger partial charge in [0.05, 0.1) is 27.5 Å². The van der Waals surface area contributed by atoms with E-state index in [1.54, 1.807) is 16.4 Å². The van der Waals surface area contributed by atoms with E-state index in [1.807, 2.05) is 55.8 Å². The van der Waals surface area contributed by atoms with E-state index in [0.29, 0.717) is 24.5 Å². The average Bonchev–Trinajstić information content (AvgIpc) is 3.28. The van der Waals surface area contributed by atoms with Crippen LogP contribution < -0.4 is 10.2 Å². The van der Waals surface area contributed by atoms with E-state index in [0.717, 1.165) is 45.7 Å². The molecule has 2 aromatic heterocycles. The first-order chi connectivity index (χ1) is 16.4. The maximum absolute atomic E-state index is 10.6. The Morgan fingerprint density at radius 1 is 1.15 bits per heavy atom. The summed E-state index contributed by atoms with van der Waals surface area (Å²) in [7, 11) is 0. The number of hydrogen-bond acceptors (Lipinski definition) is 8. The van der Waals surface area contributed by atoms with Crippen LogP contribution in [0.1, 0.15) is 50.5 Å². The van der Waals surface area contributed by atoms with Crippen LogP contribution in [0.2, 0.25) is 0 Å². The third kappa shape index (κ3) is 4.89. The Labute approximate surface area is 203 Å². The Hall–Kier alpha value is -3.07. The molecule has 8 heteroatoms. The summed E-state index contributed by atoms with van der Waals surface area (Å²) in [6.45, 7) is 6.52. The largest absolute Gasteiger partial charge is 0.403 e. The van der Waals surface area contributed by atoms with Crippen LogP contribution in [0.3, 0.4) is 0 Å². The Kier molecular flexibility index (Phi) is 6.20. The molecule has 0 aliphatic carbocycles. The van der Waals surface area contributed by atoms with Gasteiger partial charge in [0.2, 0.25) is 0 Å². The maximum atomic E-state index is 10.6. The zero-order chi connectivity index (χ0) is 23.7. The van der Waals surface area contributed by atoms with E-state index in [-0.39, 0.29) is 6.04 Å². The van der Waals surface area contributed by atoms with Gasteiger partial charge in [0.1, 0.15) is 23.1 Å². The van der Waals surface area contributed by atoms with Crippen molar-refractivity contribution in [2.75, 3.05) is 11.9 Å².